The van der Waals surface area contributed by atoms with E-state index in [2.05, 4.69) is 15.5 Å². The van der Waals surface area contributed by atoms with Crippen molar-refractivity contribution < 1.29 is 17.9 Å². The number of aromatic nitrogens is 2. The van der Waals surface area contributed by atoms with E-state index in [1.54, 1.807) is 32.2 Å². The van der Waals surface area contributed by atoms with Crippen molar-refractivity contribution in [2.45, 2.75) is 18.7 Å². The van der Waals surface area contributed by atoms with E-state index in [0.29, 0.717) is 18.8 Å². The van der Waals surface area contributed by atoms with Crippen LogP contribution >= 0.6 is 0 Å². The zero-order valence-corrected chi connectivity index (χ0v) is 17.9. The average molecular weight is 429 g/mol. The molecule has 1 heterocycles. The number of methoxy groups -OCH3 is 1. The predicted octanol–water partition coefficient (Wildman–Crippen LogP) is 3.37. The fourth-order valence-electron chi connectivity index (χ4n) is 3.08. The summed E-state index contributed by atoms with van der Waals surface area (Å²) in [6.07, 6.45) is 1.67. The van der Waals surface area contributed by atoms with Crippen LogP contribution in [0.2, 0.25) is 0 Å². The number of sulfonamides is 1. The van der Waals surface area contributed by atoms with Gasteiger partial charge in [0.2, 0.25) is 10.0 Å². The van der Waals surface area contributed by atoms with E-state index in [0.717, 1.165) is 11.3 Å². The van der Waals surface area contributed by atoms with Crippen molar-refractivity contribution in [3.8, 4) is 17.0 Å². The lowest BCUT2D eigenvalue weighted by Gasteiger charge is -2.20. The summed E-state index contributed by atoms with van der Waals surface area (Å²) in [4.78, 5) is 12.7. The first kappa shape index (κ1) is 21.5. The molecule has 0 aliphatic carbocycles. The summed E-state index contributed by atoms with van der Waals surface area (Å²) in [6.45, 7) is 4.16. The normalized spacial score (nSPS) is 11.5. The van der Waals surface area contributed by atoms with Gasteiger partial charge in [-0.25, -0.2) is 8.42 Å². The van der Waals surface area contributed by atoms with Crippen LogP contribution in [0.1, 0.15) is 24.2 Å². The molecule has 2 N–H and O–H groups in total. The Balaban J connectivity index is 1.86. The number of nitrogens with zero attached hydrogens (tertiary/aromatic N) is 2. The van der Waals surface area contributed by atoms with Crippen LogP contribution in [0.3, 0.4) is 0 Å². The molecule has 0 bridgehead atoms. The van der Waals surface area contributed by atoms with Crippen molar-refractivity contribution in [1.82, 2.24) is 14.5 Å². The Kier molecular flexibility index (Phi) is 6.53. The Bertz CT molecular complexity index is 1110. The molecular formula is C21H24N4O4S. The number of hydrogen-bond acceptors (Lipinski definition) is 5. The van der Waals surface area contributed by atoms with Crippen molar-refractivity contribution in [3.63, 3.8) is 0 Å². The van der Waals surface area contributed by atoms with Crippen LogP contribution in [0.5, 0.6) is 5.75 Å². The summed E-state index contributed by atoms with van der Waals surface area (Å²) in [6, 6.07) is 13.5. The maximum atomic E-state index is 13.0. The highest BCUT2D eigenvalue weighted by molar-refractivity contribution is 7.89. The molecule has 3 aromatic rings. The standard InChI is InChI=1S/C21H24N4O4S/c1-4-25(5-2)30(27,28)20-14-16(8-11-19(20)29-3)21(26)23-17-9-6-15(7-10-17)18-12-13-22-24-18/h6-14H,4-5H2,1-3H3,(H,22,24)(H,23,26). The van der Waals surface area contributed by atoms with Gasteiger partial charge in [-0.2, -0.15) is 9.40 Å². The molecule has 0 atom stereocenters. The van der Waals surface area contributed by atoms with Crippen molar-refractivity contribution >= 4 is 21.6 Å². The molecule has 30 heavy (non-hydrogen) atoms. The zero-order chi connectivity index (χ0) is 21.7. The van der Waals surface area contributed by atoms with Gasteiger partial charge < -0.3 is 10.1 Å². The second kappa shape index (κ2) is 9.10. The molecule has 0 saturated heterocycles. The molecule has 3 rings (SSSR count). The quantitative estimate of drug-likeness (QED) is 0.572. The molecule has 1 amide bonds. The monoisotopic (exact) mass is 428 g/mol. The van der Waals surface area contributed by atoms with E-state index in [9.17, 15) is 13.2 Å². The van der Waals surface area contributed by atoms with Crippen LogP contribution < -0.4 is 10.1 Å². The Hall–Kier alpha value is -3.17. The van der Waals surface area contributed by atoms with Gasteiger partial charge in [0.1, 0.15) is 10.6 Å². The molecule has 8 nitrogen and oxygen atoms in total. The first-order valence-electron chi connectivity index (χ1n) is 9.50. The number of carbonyl (C=O) groups is 1. The first-order valence-corrected chi connectivity index (χ1v) is 10.9. The van der Waals surface area contributed by atoms with Crippen molar-refractivity contribution in [3.05, 3.63) is 60.3 Å². The number of anilines is 1. The maximum absolute atomic E-state index is 13.0. The number of aromatic amines is 1. The molecule has 0 fully saturated rings. The van der Waals surface area contributed by atoms with Gasteiger partial charge in [0, 0.05) is 30.5 Å². The number of ether oxygens (including phenoxy) is 1. The van der Waals surface area contributed by atoms with Gasteiger partial charge in [0.15, 0.2) is 0 Å². The Morgan fingerprint density at radius 3 is 2.37 bits per heavy atom. The number of amides is 1. The molecule has 0 radical (unpaired) electrons. The number of hydrogen-bond donors (Lipinski definition) is 2. The minimum Gasteiger partial charge on any atom is -0.495 e. The van der Waals surface area contributed by atoms with Crippen molar-refractivity contribution in [1.29, 1.82) is 0 Å². The van der Waals surface area contributed by atoms with Crippen LogP contribution in [0.25, 0.3) is 11.3 Å². The molecule has 0 unspecified atom stereocenters. The van der Waals surface area contributed by atoms with E-state index >= 15 is 0 Å². The van der Waals surface area contributed by atoms with Gasteiger partial charge in [-0.15, -0.1) is 0 Å². The third-order valence-corrected chi connectivity index (χ3v) is 6.77. The molecule has 0 saturated carbocycles. The SMILES string of the molecule is CCN(CC)S(=O)(=O)c1cc(C(=O)Nc2ccc(-c3ccn[nH]3)cc2)ccc1OC. The number of H-pyrrole nitrogens is 1. The molecular weight excluding hydrogens is 404 g/mol. The highest BCUT2D eigenvalue weighted by Gasteiger charge is 2.26. The van der Waals surface area contributed by atoms with Gasteiger partial charge >= 0.3 is 0 Å². The highest BCUT2D eigenvalue weighted by atomic mass is 32.2. The van der Waals surface area contributed by atoms with Gasteiger partial charge in [0.05, 0.1) is 12.8 Å². The first-order chi connectivity index (χ1) is 14.4. The summed E-state index contributed by atoms with van der Waals surface area (Å²) < 4.78 is 32.5. The number of rotatable bonds is 8. The lowest BCUT2D eigenvalue weighted by atomic mass is 10.1. The number of benzene rings is 2. The van der Waals surface area contributed by atoms with E-state index < -0.39 is 15.9 Å². The lowest BCUT2D eigenvalue weighted by molar-refractivity contribution is 0.102. The van der Waals surface area contributed by atoms with E-state index in [1.807, 2.05) is 18.2 Å². The minimum absolute atomic E-state index is 0.0315. The topological polar surface area (TPSA) is 104 Å². The molecule has 0 spiro atoms. The van der Waals surface area contributed by atoms with Crippen LogP contribution in [0.15, 0.2) is 59.6 Å². The van der Waals surface area contributed by atoms with Gasteiger partial charge in [-0.1, -0.05) is 26.0 Å². The average Bonchev–Trinajstić information content (AvgIpc) is 3.29. The smallest absolute Gasteiger partial charge is 0.255 e. The summed E-state index contributed by atoms with van der Waals surface area (Å²) in [7, 11) is -2.38. The Morgan fingerprint density at radius 1 is 1.10 bits per heavy atom. The second-order valence-electron chi connectivity index (χ2n) is 6.46. The number of carbonyl (C=O) groups excluding carboxylic acids is 1. The minimum atomic E-state index is -3.78. The van der Waals surface area contributed by atoms with E-state index in [4.69, 9.17) is 4.74 Å². The molecule has 158 valence electrons. The molecule has 1 aromatic heterocycles. The van der Waals surface area contributed by atoms with E-state index in [1.165, 1.54) is 29.6 Å². The summed E-state index contributed by atoms with van der Waals surface area (Å²) in [5.41, 5.74) is 2.61. The Labute approximate surface area is 175 Å². The predicted molar refractivity (Wildman–Crippen MR) is 115 cm³/mol. The molecule has 0 aliphatic heterocycles. The molecule has 2 aromatic carbocycles. The van der Waals surface area contributed by atoms with Gasteiger partial charge in [0.25, 0.3) is 5.91 Å². The van der Waals surface area contributed by atoms with Crippen LogP contribution in [0.4, 0.5) is 5.69 Å². The lowest BCUT2D eigenvalue weighted by Crippen LogP contribution is -2.31. The van der Waals surface area contributed by atoms with Gasteiger partial charge in [-0.05, 0) is 42.0 Å². The second-order valence-corrected chi connectivity index (χ2v) is 8.36. The largest absolute Gasteiger partial charge is 0.495 e. The van der Waals surface area contributed by atoms with Crippen LogP contribution in [-0.2, 0) is 10.0 Å². The summed E-state index contributed by atoms with van der Waals surface area (Å²) in [5.74, 6) is -0.217. The van der Waals surface area contributed by atoms with Crippen molar-refractivity contribution in [2.24, 2.45) is 0 Å². The highest BCUT2D eigenvalue weighted by Crippen LogP contribution is 2.28. The van der Waals surface area contributed by atoms with Crippen LogP contribution in [-0.4, -0.2) is 49.0 Å². The fraction of sp³-hybridized carbons (Fsp3) is 0.238. The summed E-state index contributed by atoms with van der Waals surface area (Å²) >= 11 is 0. The summed E-state index contributed by atoms with van der Waals surface area (Å²) in [5, 5.41) is 9.59. The zero-order valence-electron chi connectivity index (χ0n) is 17.0. The fourth-order valence-corrected chi connectivity index (χ4v) is 4.71. The number of nitrogens with one attached hydrogen (secondary N) is 2. The third-order valence-electron chi connectivity index (χ3n) is 4.70. The molecule has 9 heteroatoms. The third kappa shape index (κ3) is 4.37. The Morgan fingerprint density at radius 2 is 1.80 bits per heavy atom. The molecule has 0 aliphatic rings. The maximum Gasteiger partial charge on any atom is 0.255 e. The van der Waals surface area contributed by atoms with Crippen LogP contribution in [0, 0.1) is 0 Å². The van der Waals surface area contributed by atoms with Gasteiger partial charge in [-0.3, -0.25) is 9.89 Å². The van der Waals surface area contributed by atoms with Crippen molar-refractivity contribution in [2.75, 3.05) is 25.5 Å². The van der Waals surface area contributed by atoms with E-state index in [-0.39, 0.29) is 16.2 Å².